The number of aromatic nitrogens is 3. The summed E-state index contributed by atoms with van der Waals surface area (Å²) in [6.45, 7) is 2.30. The van der Waals surface area contributed by atoms with E-state index in [0.717, 1.165) is 29.5 Å². The molecule has 1 unspecified atom stereocenters. The Morgan fingerprint density at radius 1 is 1.03 bits per heavy atom. The summed E-state index contributed by atoms with van der Waals surface area (Å²) in [5.74, 6) is 0.227. The smallest absolute Gasteiger partial charge is 0.309 e. The second-order valence-corrected chi connectivity index (χ2v) is 9.39. The van der Waals surface area contributed by atoms with Crippen LogP contribution in [0.1, 0.15) is 36.4 Å². The maximum atomic E-state index is 13.4. The molecule has 2 fully saturated rings. The number of nitrogens with one attached hydrogen (secondary N) is 2. The molecule has 3 heterocycles. The minimum Gasteiger partial charge on any atom is -0.309 e. The van der Waals surface area contributed by atoms with Gasteiger partial charge in [-0.15, -0.1) is 0 Å². The molecule has 0 radical (unpaired) electrons. The number of nitrogens with zero attached hydrogens (tertiary/aromatic N) is 4. The number of hydrogen-bond acceptors (Lipinski definition) is 5. The molecule has 2 aliphatic rings. The summed E-state index contributed by atoms with van der Waals surface area (Å²) in [5, 5.41) is 11.7. The molecule has 1 saturated carbocycles. The average Bonchev–Trinajstić information content (AvgIpc) is 3.49. The van der Waals surface area contributed by atoms with Gasteiger partial charge in [0.25, 0.3) is 0 Å². The quantitative estimate of drug-likeness (QED) is 0.397. The minimum atomic E-state index is -0.402. The molecule has 0 spiro atoms. The molecule has 1 aliphatic heterocycles. The number of halogens is 1. The highest BCUT2D eigenvalue weighted by Gasteiger charge is 2.32. The summed E-state index contributed by atoms with van der Waals surface area (Å²) in [5.41, 5.74) is 4.42. The first-order chi connectivity index (χ1) is 17.9. The number of fused-ring (bicyclic) bond motifs is 1. The Morgan fingerprint density at radius 3 is 2.62 bits per heavy atom. The average molecular weight is 501 g/mol. The summed E-state index contributed by atoms with van der Waals surface area (Å²) in [4.78, 5) is 35.2. The van der Waals surface area contributed by atoms with E-state index >= 15 is 0 Å². The van der Waals surface area contributed by atoms with Gasteiger partial charge in [-0.1, -0.05) is 24.3 Å². The Kier molecular flexibility index (Phi) is 5.80. The molecule has 2 N–H and O–H groups in total. The van der Waals surface area contributed by atoms with Gasteiger partial charge in [-0.05, 0) is 61.2 Å². The summed E-state index contributed by atoms with van der Waals surface area (Å²) in [6, 6.07) is 14.8. The van der Waals surface area contributed by atoms with Crippen molar-refractivity contribution in [3.8, 4) is 11.3 Å². The summed E-state index contributed by atoms with van der Waals surface area (Å²) in [6.07, 6.45) is 4.15. The third kappa shape index (κ3) is 4.75. The standard InChI is InChI=1S/C27H25FN6O3/c1-16-2-3-19(21-10-11-25-30-24(15-33(25)32-21)31-26(35)18-4-5-18)14-22(16)29-27(36)34-23(12-13-37-34)17-6-8-20(28)9-7-17/h2-3,6-11,14-15,18,23H,4-5,12-13H2,1H3,(H,29,36)(H,31,35). The van der Waals surface area contributed by atoms with Crippen LogP contribution in [0.15, 0.2) is 60.8 Å². The second-order valence-electron chi connectivity index (χ2n) is 9.39. The maximum absolute atomic E-state index is 13.4. The van der Waals surface area contributed by atoms with E-state index in [-0.39, 0.29) is 23.7 Å². The van der Waals surface area contributed by atoms with E-state index in [2.05, 4.69) is 20.7 Å². The van der Waals surface area contributed by atoms with E-state index in [1.807, 2.05) is 37.3 Å². The molecule has 2 aromatic heterocycles. The normalized spacial score (nSPS) is 17.2. The predicted molar refractivity (Wildman–Crippen MR) is 135 cm³/mol. The third-order valence-corrected chi connectivity index (χ3v) is 6.65. The van der Waals surface area contributed by atoms with Crippen molar-refractivity contribution in [3.63, 3.8) is 0 Å². The fourth-order valence-corrected chi connectivity index (χ4v) is 4.41. The molecule has 37 heavy (non-hydrogen) atoms. The van der Waals surface area contributed by atoms with Crippen molar-refractivity contribution in [1.29, 1.82) is 0 Å². The minimum absolute atomic E-state index is 0.00815. The number of amides is 3. The van der Waals surface area contributed by atoms with Crippen LogP contribution < -0.4 is 10.6 Å². The molecule has 6 rings (SSSR count). The molecular weight excluding hydrogens is 475 g/mol. The number of anilines is 2. The lowest BCUT2D eigenvalue weighted by atomic mass is 10.0. The van der Waals surface area contributed by atoms with Gasteiger partial charge in [0.05, 0.1) is 24.5 Å². The number of carbonyl (C=O) groups is 2. The molecular formula is C27H25FN6O3. The Labute approximate surface area is 212 Å². The van der Waals surface area contributed by atoms with Crippen LogP contribution >= 0.6 is 0 Å². The van der Waals surface area contributed by atoms with Gasteiger partial charge >= 0.3 is 6.03 Å². The van der Waals surface area contributed by atoms with Crippen molar-refractivity contribution in [2.45, 2.75) is 32.2 Å². The van der Waals surface area contributed by atoms with Crippen LogP contribution in [0.3, 0.4) is 0 Å². The molecule has 10 heteroatoms. The van der Waals surface area contributed by atoms with Crippen molar-refractivity contribution in [2.75, 3.05) is 17.2 Å². The molecule has 3 amide bonds. The summed E-state index contributed by atoms with van der Waals surface area (Å²) in [7, 11) is 0. The van der Waals surface area contributed by atoms with Gasteiger partial charge in [-0.3, -0.25) is 9.63 Å². The van der Waals surface area contributed by atoms with Crippen molar-refractivity contribution >= 4 is 29.1 Å². The molecule has 2 aromatic carbocycles. The monoisotopic (exact) mass is 500 g/mol. The highest BCUT2D eigenvalue weighted by Crippen LogP contribution is 2.32. The number of imidazole rings is 1. The number of aryl methyl sites for hydroxylation is 1. The van der Waals surface area contributed by atoms with Gasteiger partial charge in [0.1, 0.15) is 5.82 Å². The Hall–Kier alpha value is -4.31. The number of hydroxylamine groups is 2. The zero-order valence-corrected chi connectivity index (χ0v) is 20.1. The van der Waals surface area contributed by atoms with Crippen LogP contribution in [0.2, 0.25) is 0 Å². The zero-order chi connectivity index (χ0) is 25.5. The molecule has 188 valence electrons. The molecule has 9 nitrogen and oxygen atoms in total. The van der Waals surface area contributed by atoms with Crippen LogP contribution in [-0.2, 0) is 9.63 Å². The second kappa shape index (κ2) is 9.29. The molecule has 4 aromatic rings. The van der Waals surface area contributed by atoms with Gasteiger partial charge in [0.2, 0.25) is 5.91 Å². The fraction of sp³-hybridized carbons (Fsp3) is 0.259. The van der Waals surface area contributed by atoms with Crippen LogP contribution in [0.4, 0.5) is 20.7 Å². The first kappa shape index (κ1) is 23.1. The van der Waals surface area contributed by atoms with E-state index in [1.165, 1.54) is 17.2 Å². The van der Waals surface area contributed by atoms with Crippen molar-refractivity contribution in [3.05, 3.63) is 77.7 Å². The highest BCUT2D eigenvalue weighted by atomic mass is 19.1. The van der Waals surface area contributed by atoms with Gasteiger partial charge in [0, 0.05) is 23.6 Å². The number of benzene rings is 2. The molecule has 1 atom stereocenters. The summed E-state index contributed by atoms with van der Waals surface area (Å²) < 4.78 is 15.0. The Bertz CT molecular complexity index is 1500. The van der Waals surface area contributed by atoms with E-state index in [1.54, 1.807) is 22.8 Å². The molecule has 1 saturated heterocycles. The van der Waals surface area contributed by atoms with Crippen LogP contribution in [0.25, 0.3) is 16.9 Å². The number of carbonyl (C=O) groups excluding carboxylic acids is 2. The predicted octanol–water partition coefficient (Wildman–Crippen LogP) is 5.10. The first-order valence-corrected chi connectivity index (χ1v) is 12.2. The molecule has 1 aliphatic carbocycles. The van der Waals surface area contributed by atoms with E-state index in [4.69, 9.17) is 4.84 Å². The lowest BCUT2D eigenvalue weighted by Gasteiger charge is -2.23. The van der Waals surface area contributed by atoms with E-state index in [0.29, 0.717) is 35.9 Å². The lowest BCUT2D eigenvalue weighted by molar-refractivity contribution is -0.117. The van der Waals surface area contributed by atoms with Crippen molar-refractivity contribution < 1.29 is 18.8 Å². The van der Waals surface area contributed by atoms with Crippen LogP contribution in [0, 0.1) is 18.7 Å². The van der Waals surface area contributed by atoms with Gasteiger partial charge in [-0.2, -0.15) is 10.2 Å². The SMILES string of the molecule is Cc1ccc(-c2ccc3nc(NC(=O)C4CC4)cn3n2)cc1NC(=O)N1OCCC1c1ccc(F)cc1. The van der Waals surface area contributed by atoms with Gasteiger partial charge < -0.3 is 10.6 Å². The fourth-order valence-electron chi connectivity index (χ4n) is 4.41. The maximum Gasteiger partial charge on any atom is 0.346 e. The topological polar surface area (TPSA) is 101 Å². The summed E-state index contributed by atoms with van der Waals surface area (Å²) >= 11 is 0. The number of urea groups is 1. The van der Waals surface area contributed by atoms with E-state index in [9.17, 15) is 14.0 Å². The van der Waals surface area contributed by atoms with Gasteiger partial charge in [-0.25, -0.2) is 18.7 Å². The van der Waals surface area contributed by atoms with Crippen LogP contribution in [-0.4, -0.2) is 38.2 Å². The largest absolute Gasteiger partial charge is 0.346 e. The van der Waals surface area contributed by atoms with Crippen molar-refractivity contribution in [1.82, 2.24) is 19.7 Å². The third-order valence-electron chi connectivity index (χ3n) is 6.65. The Morgan fingerprint density at radius 2 is 1.84 bits per heavy atom. The van der Waals surface area contributed by atoms with Gasteiger partial charge in [0.15, 0.2) is 11.5 Å². The van der Waals surface area contributed by atoms with E-state index < -0.39 is 6.03 Å². The highest BCUT2D eigenvalue weighted by molar-refractivity contribution is 5.93. The lowest BCUT2D eigenvalue weighted by Crippen LogP contribution is -2.33. The first-order valence-electron chi connectivity index (χ1n) is 12.2. The zero-order valence-electron chi connectivity index (χ0n) is 20.1. The van der Waals surface area contributed by atoms with Crippen molar-refractivity contribution in [2.24, 2.45) is 5.92 Å². The van der Waals surface area contributed by atoms with Crippen LogP contribution in [0.5, 0.6) is 0 Å². The Balaban J connectivity index is 1.21. The molecule has 0 bridgehead atoms. The number of rotatable bonds is 5. The number of hydrogen-bond donors (Lipinski definition) is 2.